The Morgan fingerprint density at radius 2 is 2.11 bits per heavy atom. The largest absolute Gasteiger partial charge is 0.484 e. The van der Waals surface area contributed by atoms with Crippen molar-refractivity contribution < 1.29 is 9.53 Å². The quantitative estimate of drug-likeness (QED) is 0.825. The van der Waals surface area contributed by atoms with E-state index in [1.807, 2.05) is 0 Å². The summed E-state index contributed by atoms with van der Waals surface area (Å²) in [7, 11) is 0. The van der Waals surface area contributed by atoms with Crippen molar-refractivity contribution in [2.45, 2.75) is 26.7 Å². The number of ether oxygens (including phenoxy) is 1. The molecule has 100 valence electrons. The third kappa shape index (κ3) is 5.41. The first-order valence-corrected chi connectivity index (χ1v) is 6.68. The Labute approximate surface area is 113 Å². The molecule has 0 saturated carbocycles. The van der Waals surface area contributed by atoms with Crippen molar-refractivity contribution in [2.24, 2.45) is 5.92 Å². The van der Waals surface area contributed by atoms with Crippen LogP contribution in [0.3, 0.4) is 0 Å². The lowest BCUT2D eigenvalue weighted by molar-refractivity contribution is -0.123. The van der Waals surface area contributed by atoms with Gasteiger partial charge in [-0.3, -0.25) is 4.79 Å². The smallest absolute Gasteiger partial charge is 0.257 e. The number of amides is 1. The topological polar surface area (TPSA) is 38.3 Å². The highest BCUT2D eigenvalue weighted by Gasteiger charge is 2.07. The van der Waals surface area contributed by atoms with Gasteiger partial charge in [0.05, 0.1) is 0 Å². The summed E-state index contributed by atoms with van der Waals surface area (Å²) < 4.78 is 5.35. The Morgan fingerprint density at radius 3 is 2.72 bits per heavy atom. The van der Waals surface area contributed by atoms with Gasteiger partial charge in [0.15, 0.2) is 6.61 Å². The zero-order valence-corrected chi connectivity index (χ0v) is 11.7. The number of rotatable bonds is 7. The van der Waals surface area contributed by atoms with Crippen LogP contribution < -0.4 is 10.1 Å². The molecule has 18 heavy (non-hydrogen) atoms. The van der Waals surface area contributed by atoms with E-state index in [0.29, 0.717) is 23.2 Å². The summed E-state index contributed by atoms with van der Waals surface area (Å²) in [5.41, 5.74) is 0. The molecule has 0 fully saturated rings. The van der Waals surface area contributed by atoms with E-state index >= 15 is 0 Å². The third-order valence-electron chi connectivity index (χ3n) is 2.91. The number of carbonyl (C=O) groups is 1. The van der Waals surface area contributed by atoms with Crippen LogP contribution >= 0.6 is 11.6 Å². The molecule has 0 atom stereocenters. The van der Waals surface area contributed by atoms with Crippen LogP contribution in [0.5, 0.6) is 5.75 Å². The standard InChI is InChI=1S/C14H20ClNO2/c1-3-11(4-2)9-16-14(17)10-18-13-7-5-6-12(15)8-13/h5-8,11H,3-4,9-10H2,1-2H3,(H,16,17). The average molecular weight is 270 g/mol. The molecule has 3 nitrogen and oxygen atoms in total. The summed E-state index contributed by atoms with van der Waals surface area (Å²) in [6.45, 7) is 5.00. The van der Waals surface area contributed by atoms with Gasteiger partial charge in [0, 0.05) is 11.6 Å². The fourth-order valence-corrected chi connectivity index (χ4v) is 1.77. The lowest BCUT2D eigenvalue weighted by atomic mass is 10.0. The van der Waals surface area contributed by atoms with Crippen molar-refractivity contribution in [3.63, 3.8) is 0 Å². The first-order valence-electron chi connectivity index (χ1n) is 6.30. The second-order valence-electron chi connectivity index (χ2n) is 4.23. The minimum absolute atomic E-state index is 0.0283. The van der Waals surface area contributed by atoms with Gasteiger partial charge in [-0.1, -0.05) is 44.4 Å². The summed E-state index contributed by atoms with van der Waals surface area (Å²) in [6, 6.07) is 7.02. The van der Waals surface area contributed by atoms with Crippen LogP contribution in [0.4, 0.5) is 0 Å². The minimum Gasteiger partial charge on any atom is -0.484 e. The van der Waals surface area contributed by atoms with Gasteiger partial charge >= 0.3 is 0 Å². The molecule has 0 unspecified atom stereocenters. The molecule has 0 spiro atoms. The SMILES string of the molecule is CCC(CC)CNC(=O)COc1cccc(Cl)c1. The van der Waals surface area contributed by atoms with Gasteiger partial charge in [-0.05, 0) is 24.1 Å². The van der Waals surface area contributed by atoms with Crippen LogP contribution in [-0.4, -0.2) is 19.1 Å². The van der Waals surface area contributed by atoms with Gasteiger partial charge < -0.3 is 10.1 Å². The van der Waals surface area contributed by atoms with Crippen molar-refractivity contribution in [1.29, 1.82) is 0 Å². The summed E-state index contributed by atoms with van der Waals surface area (Å²) >= 11 is 5.82. The van der Waals surface area contributed by atoms with E-state index in [9.17, 15) is 4.79 Å². The van der Waals surface area contributed by atoms with Crippen molar-refractivity contribution in [1.82, 2.24) is 5.32 Å². The zero-order valence-electron chi connectivity index (χ0n) is 10.9. The summed E-state index contributed by atoms with van der Waals surface area (Å²) in [5, 5.41) is 3.47. The predicted octanol–water partition coefficient (Wildman–Crippen LogP) is 3.27. The van der Waals surface area contributed by atoms with Crippen LogP contribution in [0.15, 0.2) is 24.3 Å². The lowest BCUT2D eigenvalue weighted by Gasteiger charge is -2.13. The number of hydrogen-bond acceptors (Lipinski definition) is 2. The average Bonchev–Trinajstić information content (AvgIpc) is 2.37. The van der Waals surface area contributed by atoms with Crippen molar-refractivity contribution in [2.75, 3.05) is 13.2 Å². The predicted molar refractivity (Wildman–Crippen MR) is 74.0 cm³/mol. The van der Waals surface area contributed by atoms with Gasteiger partial charge in [-0.15, -0.1) is 0 Å². The molecule has 0 aliphatic rings. The van der Waals surface area contributed by atoms with Crippen LogP contribution in [-0.2, 0) is 4.79 Å². The molecule has 4 heteroatoms. The Balaban J connectivity index is 2.29. The van der Waals surface area contributed by atoms with Gasteiger partial charge in [0.1, 0.15) is 5.75 Å². The van der Waals surface area contributed by atoms with E-state index in [2.05, 4.69) is 19.2 Å². The van der Waals surface area contributed by atoms with Crippen molar-refractivity contribution >= 4 is 17.5 Å². The summed E-state index contributed by atoms with van der Waals surface area (Å²) in [4.78, 5) is 11.6. The van der Waals surface area contributed by atoms with Gasteiger partial charge in [0.2, 0.25) is 0 Å². The van der Waals surface area contributed by atoms with Crippen LogP contribution in [0, 0.1) is 5.92 Å². The van der Waals surface area contributed by atoms with Crippen LogP contribution in [0.25, 0.3) is 0 Å². The second kappa shape index (κ2) is 7.98. The molecule has 0 saturated heterocycles. The summed E-state index contributed by atoms with van der Waals surface area (Å²) in [6.07, 6.45) is 2.15. The molecule has 1 aromatic carbocycles. The Bertz CT molecular complexity index is 378. The van der Waals surface area contributed by atoms with E-state index in [1.165, 1.54) is 0 Å². The Hall–Kier alpha value is -1.22. The zero-order chi connectivity index (χ0) is 13.4. The van der Waals surface area contributed by atoms with Gasteiger partial charge in [-0.25, -0.2) is 0 Å². The maximum Gasteiger partial charge on any atom is 0.257 e. The first kappa shape index (κ1) is 14.8. The molecule has 0 aliphatic carbocycles. The maximum atomic E-state index is 11.6. The van der Waals surface area contributed by atoms with E-state index < -0.39 is 0 Å². The number of halogens is 1. The first-order chi connectivity index (χ1) is 8.65. The Kier molecular flexibility index (Phi) is 6.58. The maximum absolute atomic E-state index is 11.6. The molecular weight excluding hydrogens is 250 g/mol. The second-order valence-corrected chi connectivity index (χ2v) is 4.67. The van der Waals surface area contributed by atoms with E-state index in [-0.39, 0.29) is 12.5 Å². The van der Waals surface area contributed by atoms with Crippen LogP contribution in [0.2, 0.25) is 5.02 Å². The highest BCUT2D eigenvalue weighted by Crippen LogP contribution is 2.16. The highest BCUT2D eigenvalue weighted by molar-refractivity contribution is 6.30. The molecular formula is C14H20ClNO2. The molecule has 1 rings (SSSR count). The monoisotopic (exact) mass is 269 g/mol. The van der Waals surface area contributed by atoms with Gasteiger partial charge in [-0.2, -0.15) is 0 Å². The fourth-order valence-electron chi connectivity index (χ4n) is 1.59. The molecule has 1 amide bonds. The van der Waals surface area contributed by atoms with Crippen LogP contribution in [0.1, 0.15) is 26.7 Å². The molecule has 0 aromatic heterocycles. The highest BCUT2D eigenvalue weighted by atomic mass is 35.5. The van der Waals surface area contributed by atoms with Gasteiger partial charge in [0.25, 0.3) is 5.91 Å². The molecule has 0 bridgehead atoms. The third-order valence-corrected chi connectivity index (χ3v) is 3.14. The fraction of sp³-hybridized carbons (Fsp3) is 0.500. The number of nitrogens with one attached hydrogen (secondary N) is 1. The molecule has 1 aromatic rings. The van der Waals surface area contributed by atoms with Crippen molar-refractivity contribution in [3.05, 3.63) is 29.3 Å². The Morgan fingerprint density at radius 1 is 1.39 bits per heavy atom. The molecule has 0 heterocycles. The molecule has 0 radical (unpaired) electrons. The molecule has 1 N–H and O–H groups in total. The number of hydrogen-bond donors (Lipinski definition) is 1. The normalized spacial score (nSPS) is 10.4. The number of carbonyl (C=O) groups excluding carboxylic acids is 1. The van der Waals surface area contributed by atoms with Crippen molar-refractivity contribution in [3.8, 4) is 5.75 Å². The molecule has 0 aliphatic heterocycles. The minimum atomic E-state index is -0.0955. The van der Waals surface area contributed by atoms with E-state index in [1.54, 1.807) is 24.3 Å². The summed E-state index contributed by atoms with van der Waals surface area (Å²) in [5.74, 6) is 1.06. The number of benzene rings is 1. The van der Waals surface area contributed by atoms with E-state index in [4.69, 9.17) is 16.3 Å². The van der Waals surface area contributed by atoms with E-state index in [0.717, 1.165) is 12.8 Å². The lowest BCUT2D eigenvalue weighted by Crippen LogP contribution is -2.32.